The van der Waals surface area contributed by atoms with Gasteiger partial charge in [0.05, 0.1) is 11.4 Å². The molecule has 1 amide bonds. The first-order valence-electron chi connectivity index (χ1n) is 7.02. The number of carbonyl (C=O) groups excluding carboxylic acids is 1. The first-order chi connectivity index (χ1) is 11.1. The third-order valence-electron chi connectivity index (χ3n) is 3.42. The Morgan fingerprint density at radius 1 is 1.35 bits per heavy atom. The molecule has 1 unspecified atom stereocenters. The monoisotopic (exact) mass is 340 g/mol. The molecule has 1 saturated heterocycles. The smallest absolute Gasteiger partial charge is 0.387 e. The molecule has 1 aliphatic rings. The number of rotatable bonds is 5. The lowest BCUT2D eigenvalue weighted by Gasteiger charge is -2.31. The summed E-state index contributed by atoms with van der Waals surface area (Å²) in [5, 5.41) is 10.6. The van der Waals surface area contributed by atoms with Gasteiger partial charge < -0.3 is 9.64 Å². The average molecular weight is 340 g/mol. The number of ether oxygens (including phenoxy) is 1. The van der Waals surface area contributed by atoms with Crippen molar-refractivity contribution in [3.63, 3.8) is 0 Å². The van der Waals surface area contributed by atoms with E-state index in [1.165, 1.54) is 23.9 Å². The molecule has 0 spiro atoms. The van der Waals surface area contributed by atoms with Crippen LogP contribution < -0.4 is 9.64 Å². The number of benzene rings is 1. The zero-order valence-electron chi connectivity index (χ0n) is 12.0. The van der Waals surface area contributed by atoms with Gasteiger partial charge in [0, 0.05) is 12.2 Å². The lowest BCUT2D eigenvalue weighted by atomic mass is 10.1. The fourth-order valence-corrected chi connectivity index (χ4v) is 3.42. The summed E-state index contributed by atoms with van der Waals surface area (Å²) in [5.41, 5.74) is 0.669. The summed E-state index contributed by atoms with van der Waals surface area (Å²) in [6, 6.07) is 6.09. The van der Waals surface area contributed by atoms with Gasteiger partial charge in [-0.1, -0.05) is 11.8 Å². The number of nitrogens with zero attached hydrogens (tertiary/aromatic N) is 3. The number of anilines is 1. The highest BCUT2D eigenvalue weighted by atomic mass is 32.2. The van der Waals surface area contributed by atoms with Crippen molar-refractivity contribution in [2.75, 3.05) is 11.4 Å². The number of carbonyl (C=O) groups is 1. The van der Waals surface area contributed by atoms with Gasteiger partial charge in [0.1, 0.15) is 10.8 Å². The maximum Gasteiger partial charge on any atom is 0.387 e. The maximum absolute atomic E-state index is 12.6. The van der Waals surface area contributed by atoms with E-state index >= 15 is 0 Å². The zero-order valence-corrected chi connectivity index (χ0v) is 12.8. The lowest BCUT2D eigenvalue weighted by Crippen LogP contribution is -2.42. The van der Waals surface area contributed by atoms with E-state index in [2.05, 4.69) is 20.1 Å². The molecule has 23 heavy (non-hydrogen) atoms. The molecule has 0 saturated carbocycles. The van der Waals surface area contributed by atoms with E-state index < -0.39 is 6.61 Å². The second kappa shape index (κ2) is 6.95. The van der Waals surface area contributed by atoms with Crippen LogP contribution in [-0.4, -0.2) is 39.7 Å². The second-order valence-electron chi connectivity index (χ2n) is 4.92. The van der Waals surface area contributed by atoms with Crippen LogP contribution in [0.2, 0.25) is 0 Å². The molecular formula is C14H14F2N4O2S. The SMILES string of the molecule is O=C1C(Sc2cn[nH]n2)CCCN1c1ccc(OC(F)F)cc1. The molecule has 3 rings (SSSR count). The van der Waals surface area contributed by atoms with Crippen LogP contribution in [0.25, 0.3) is 0 Å². The third kappa shape index (κ3) is 3.79. The molecule has 122 valence electrons. The molecule has 1 aromatic carbocycles. The molecule has 1 atom stereocenters. The number of hydrogen-bond donors (Lipinski definition) is 1. The molecule has 0 bridgehead atoms. The predicted octanol–water partition coefficient (Wildman–Crippen LogP) is 2.69. The zero-order chi connectivity index (χ0) is 16.2. The number of alkyl halides is 2. The molecule has 0 radical (unpaired) electrons. The fraction of sp³-hybridized carbons (Fsp3) is 0.357. The molecule has 0 aliphatic carbocycles. The Hall–Kier alpha value is -2.16. The largest absolute Gasteiger partial charge is 0.435 e. The summed E-state index contributed by atoms with van der Waals surface area (Å²) in [4.78, 5) is 14.3. The molecule has 1 fully saturated rings. The maximum atomic E-state index is 12.6. The Bertz CT molecular complexity index is 651. The van der Waals surface area contributed by atoms with Crippen molar-refractivity contribution in [3.8, 4) is 5.75 Å². The predicted molar refractivity (Wildman–Crippen MR) is 80.7 cm³/mol. The number of thioether (sulfide) groups is 1. The molecular weight excluding hydrogens is 326 g/mol. The van der Waals surface area contributed by atoms with E-state index in [1.54, 1.807) is 23.2 Å². The van der Waals surface area contributed by atoms with Crippen LogP contribution in [0.5, 0.6) is 5.75 Å². The minimum atomic E-state index is -2.86. The number of amides is 1. The highest BCUT2D eigenvalue weighted by molar-refractivity contribution is 8.00. The molecule has 1 aliphatic heterocycles. The van der Waals surface area contributed by atoms with Crippen LogP contribution in [0, 0.1) is 0 Å². The van der Waals surface area contributed by atoms with Gasteiger partial charge >= 0.3 is 6.61 Å². The highest BCUT2D eigenvalue weighted by Crippen LogP contribution is 2.31. The Labute approximate surface area is 135 Å². The Morgan fingerprint density at radius 3 is 2.78 bits per heavy atom. The van der Waals surface area contributed by atoms with E-state index in [0.29, 0.717) is 17.3 Å². The number of aromatic nitrogens is 3. The van der Waals surface area contributed by atoms with Crippen molar-refractivity contribution in [1.82, 2.24) is 15.4 Å². The van der Waals surface area contributed by atoms with Crippen LogP contribution in [0.4, 0.5) is 14.5 Å². The standard InChI is InChI=1S/C14H14F2N4O2S/c15-14(16)22-10-5-3-9(4-6-10)20-7-1-2-11(13(20)21)23-12-8-17-19-18-12/h3-6,8,11,14H,1-2,7H2,(H,17,18,19). The van der Waals surface area contributed by atoms with Gasteiger partial charge in [-0.3, -0.25) is 4.79 Å². The van der Waals surface area contributed by atoms with E-state index in [9.17, 15) is 13.6 Å². The lowest BCUT2D eigenvalue weighted by molar-refractivity contribution is -0.119. The molecule has 1 aromatic heterocycles. The molecule has 6 nitrogen and oxygen atoms in total. The number of H-pyrrole nitrogens is 1. The van der Waals surface area contributed by atoms with Crippen LogP contribution in [0.1, 0.15) is 12.8 Å². The minimum absolute atomic E-state index is 0.0215. The Kier molecular flexibility index (Phi) is 4.75. The summed E-state index contributed by atoms with van der Waals surface area (Å²) in [6.07, 6.45) is 3.20. The van der Waals surface area contributed by atoms with Crippen LogP contribution >= 0.6 is 11.8 Å². The van der Waals surface area contributed by atoms with Crippen molar-refractivity contribution < 1.29 is 18.3 Å². The van der Waals surface area contributed by atoms with Crippen molar-refractivity contribution in [1.29, 1.82) is 0 Å². The summed E-state index contributed by atoms with van der Waals surface area (Å²) in [6.45, 7) is -2.26. The molecule has 9 heteroatoms. The van der Waals surface area contributed by atoms with Gasteiger partial charge in [-0.15, -0.1) is 5.10 Å². The van der Waals surface area contributed by atoms with Crippen LogP contribution in [-0.2, 0) is 4.79 Å². The van der Waals surface area contributed by atoms with Gasteiger partial charge in [0.2, 0.25) is 5.91 Å². The van der Waals surface area contributed by atoms with Crippen molar-refractivity contribution in [2.24, 2.45) is 0 Å². The minimum Gasteiger partial charge on any atom is -0.435 e. The number of nitrogens with one attached hydrogen (secondary N) is 1. The average Bonchev–Trinajstić information content (AvgIpc) is 3.03. The third-order valence-corrected chi connectivity index (χ3v) is 4.58. The number of hydrogen-bond acceptors (Lipinski definition) is 5. The number of aromatic amines is 1. The molecule has 2 heterocycles. The van der Waals surface area contributed by atoms with Gasteiger partial charge in [0.15, 0.2) is 0 Å². The van der Waals surface area contributed by atoms with Crippen LogP contribution in [0.3, 0.4) is 0 Å². The van der Waals surface area contributed by atoms with Crippen molar-refractivity contribution >= 4 is 23.4 Å². The summed E-state index contributed by atoms with van der Waals surface area (Å²) < 4.78 is 28.6. The Balaban J connectivity index is 1.70. The summed E-state index contributed by atoms with van der Waals surface area (Å²) in [7, 11) is 0. The quantitative estimate of drug-likeness (QED) is 0.906. The number of piperidine rings is 1. The van der Waals surface area contributed by atoms with E-state index in [4.69, 9.17) is 0 Å². The van der Waals surface area contributed by atoms with Gasteiger partial charge in [-0.05, 0) is 37.1 Å². The fourth-order valence-electron chi connectivity index (χ4n) is 2.41. The van der Waals surface area contributed by atoms with Gasteiger partial charge in [-0.2, -0.15) is 19.1 Å². The molecule has 1 N–H and O–H groups in total. The van der Waals surface area contributed by atoms with Gasteiger partial charge in [-0.25, -0.2) is 0 Å². The van der Waals surface area contributed by atoms with E-state index in [1.807, 2.05) is 0 Å². The summed E-state index contributed by atoms with van der Waals surface area (Å²) >= 11 is 1.37. The number of halogens is 2. The van der Waals surface area contributed by atoms with Gasteiger partial charge in [0.25, 0.3) is 0 Å². The normalized spacial score (nSPS) is 18.5. The first kappa shape index (κ1) is 15.7. The topological polar surface area (TPSA) is 71.1 Å². The Morgan fingerprint density at radius 2 is 2.13 bits per heavy atom. The van der Waals surface area contributed by atoms with E-state index in [-0.39, 0.29) is 16.9 Å². The van der Waals surface area contributed by atoms with Crippen molar-refractivity contribution in [2.45, 2.75) is 29.7 Å². The highest BCUT2D eigenvalue weighted by Gasteiger charge is 2.31. The second-order valence-corrected chi connectivity index (χ2v) is 6.14. The first-order valence-corrected chi connectivity index (χ1v) is 7.90. The van der Waals surface area contributed by atoms with Crippen molar-refractivity contribution in [3.05, 3.63) is 30.5 Å². The van der Waals surface area contributed by atoms with E-state index in [0.717, 1.165) is 12.8 Å². The van der Waals surface area contributed by atoms with Crippen LogP contribution in [0.15, 0.2) is 35.5 Å². The molecule has 2 aromatic rings. The summed E-state index contributed by atoms with van der Waals surface area (Å²) in [5.74, 6) is 0.0495.